The van der Waals surface area contributed by atoms with Gasteiger partial charge in [0.15, 0.2) is 17.2 Å². The van der Waals surface area contributed by atoms with Gasteiger partial charge in [0.05, 0.1) is 33.6 Å². The first-order valence-corrected chi connectivity index (χ1v) is 12.5. The quantitative estimate of drug-likeness (QED) is 0.202. The van der Waals surface area contributed by atoms with Crippen molar-refractivity contribution >= 4 is 35.0 Å². The topological polar surface area (TPSA) is 120 Å². The lowest BCUT2D eigenvalue weighted by molar-refractivity contribution is 0.0518. The molecule has 3 N–H and O–H groups in total. The number of phenolic OH excluding ortho intramolecular Hbond substituents is 1. The van der Waals surface area contributed by atoms with Crippen LogP contribution >= 0.6 is 11.6 Å². The SMILES string of the molecule is CCOC(=O)c1c(NC(=O)Nc2cc(OC)cc(OC)c2)cc(Cl)n1-c1ccc(-c2cccc(OC)c2O)cc1. The van der Waals surface area contributed by atoms with Gasteiger partial charge in [-0.05, 0) is 30.7 Å². The Morgan fingerprint density at radius 3 is 2.17 bits per heavy atom. The third-order valence-electron chi connectivity index (χ3n) is 5.94. The fourth-order valence-electron chi connectivity index (χ4n) is 4.10. The molecule has 1 aromatic heterocycles. The highest BCUT2D eigenvalue weighted by Gasteiger charge is 2.25. The van der Waals surface area contributed by atoms with Crippen LogP contribution in [0.5, 0.6) is 23.0 Å². The van der Waals surface area contributed by atoms with E-state index in [0.717, 1.165) is 0 Å². The molecule has 0 aliphatic rings. The lowest BCUT2D eigenvalue weighted by Crippen LogP contribution is -2.22. The van der Waals surface area contributed by atoms with Crippen molar-refractivity contribution in [2.75, 3.05) is 38.6 Å². The summed E-state index contributed by atoms with van der Waals surface area (Å²) in [6.45, 7) is 1.79. The van der Waals surface area contributed by atoms with Crippen LogP contribution in [0.3, 0.4) is 0 Å². The number of aromatic hydroxyl groups is 1. The number of hydrogen-bond acceptors (Lipinski definition) is 7. The van der Waals surface area contributed by atoms with Gasteiger partial charge in [-0.3, -0.25) is 4.57 Å². The molecular formula is C29H28ClN3O7. The maximum atomic E-state index is 13.0. The van der Waals surface area contributed by atoms with Crippen molar-refractivity contribution in [3.05, 3.63) is 77.6 Å². The van der Waals surface area contributed by atoms with Gasteiger partial charge in [-0.25, -0.2) is 9.59 Å². The number of nitrogens with zero attached hydrogens (tertiary/aromatic N) is 1. The normalized spacial score (nSPS) is 10.5. The molecule has 0 fully saturated rings. The van der Waals surface area contributed by atoms with Crippen LogP contribution in [0.15, 0.2) is 66.7 Å². The lowest BCUT2D eigenvalue weighted by atomic mass is 10.0. The summed E-state index contributed by atoms with van der Waals surface area (Å²) in [6, 6.07) is 17.9. The first-order chi connectivity index (χ1) is 19.3. The molecule has 0 unspecified atom stereocenters. The number of anilines is 2. The van der Waals surface area contributed by atoms with Gasteiger partial charge in [-0.1, -0.05) is 35.9 Å². The van der Waals surface area contributed by atoms with E-state index in [1.807, 2.05) is 0 Å². The van der Waals surface area contributed by atoms with Crippen LogP contribution in [0, 0.1) is 0 Å². The first kappa shape index (κ1) is 28.2. The van der Waals surface area contributed by atoms with Gasteiger partial charge in [0.1, 0.15) is 16.7 Å². The molecule has 40 heavy (non-hydrogen) atoms. The summed E-state index contributed by atoms with van der Waals surface area (Å²) >= 11 is 6.57. The maximum absolute atomic E-state index is 13.0. The number of halogens is 1. The van der Waals surface area contributed by atoms with E-state index >= 15 is 0 Å². The lowest BCUT2D eigenvalue weighted by Gasteiger charge is -2.14. The molecular weight excluding hydrogens is 538 g/mol. The van der Waals surface area contributed by atoms with Crippen molar-refractivity contribution in [3.63, 3.8) is 0 Å². The average Bonchev–Trinajstić information content (AvgIpc) is 3.28. The second kappa shape index (κ2) is 12.4. The standard InChI is InChI=1S/C29H28ClN3O7/c1-5-40-28(35)26-23(32-29(36)31-18-13-20(37-2)15-21(14-18)38-3)16-25(30)33(26)19-11-9-17(10-12-19)22-7-6-8-24(39-4)27(22)34/h6-16,34H,5H2,1-4H3,(H2,31,32,36). The number of rotatable bonds is 9. The zero-order valence-electron chi connectivity index (χ0n) is 22.3. The number of carbonyl (C=O) groups is 2. The maximum Gasteiger partial charge on any atom is 0.357 e. The highest BCUT2D eigenvalue weighted by atomic mass is 35.5. The largest absolute Gasteiger partial charge is 0.504 e. The predicted octanol–water partition coefficient (Wildman–Crippen LogP) is 6.35. The van der Waals surface area contributed by atoms with Gasteiger partial charge in [0, 0.05) is 41.2 Å². The first-order valence-electron chi connectivity index (χ1n) is 12.2. The van der Waals surface area contributed by atoms with E-state index in [-0.39, 0.29) is 28.9 Å². The van der Waals surface area contributed by atoms with Crippen molar-refractivity contribution in [2.45, 2.75) is 6.92 Å². The van der Waals surface area contributed by atoms with Crippen molar-refractivity contribution in [1.29, 1.82) is 0 Å². The Balaban J connectivity index is 1.67. The molecule has 0 saturated carbocycles. The Bertz CT molecular complexity index is 1510. The Hall–Kier alpha value is -4.83. The summed E-state index contributed by atoms with van der Waals surface area (Å²) in [7, 11) is 4.48. The van der Waals surface area contributed by atoms with Crippen LogP contribution in [-0.4, -0.2) is 49.6 Å². The van der Waals surface area contributed by atoms with Crippen molar-refractivity contribution in [3.8, 4) is 39.8 Å². The highest BCUT2D eigenvalue weighted by Crippen LogP contribution is 2.38. The van der Waals surface area contributed by atoms with E-state index in [0.29, 0.717) is 39.8 Å². The number of amides is 2. The van der Waals surface area contributed by atoms with Gasteiger partial charge in [0.25, 0.3) is 0 Å². The third-order valence-corrected chi connectivity index (χ3v) is 6.22. The molecule has 0 atom stereocenters. The van der Waals surface area contributed by atoms with Crippen LogP contribution in [0.1, 0.15) is 17.4 Å². The predicted molar refractivity (Wildman–Crippen MR) is 153 cm³/mol. The van der Waals surface area contributed by atoms with Crippen LogP contribution in [0.25, 0.3) is 16.8 Å². The van der Waals surface area contributed by atoms with Crippen LogP contribution in [0.2, 0.25) is 5.15 Å². The monoisotopic (exact) mass is 565 g/mol. The molecule has 10 nitrogen and oxygen atoms in total. The molecule has 4 rings (SSSR count). The molecule has 0 aliphatic carbocycles. The Morgan fingerprint density at radius 2 is 1.57 bits per heavy atom. The minimum atomic E-state index is -0.678. The summed E-state index contributed by atoms with van der Waals surface area (Å²) in [5.74, 6) is 0.655. The molecule has 2 amide bonds. The van der Waals surface area contributed by atoms with E-state index in [1.165, 1.54) is 32.0 Å². The number of para-hydroxylation sites is 1. The number of urea groups is 1. The number of esters is 1. The molecule has 208 valence electrons. The number of phenols is 1. The second-order valence-corrected chi connectivity index (χ2v) is 8.76. The summed E-state index contributed by atoms with van der Waals surface area (Å²) in [4.78, 5) is 25.9. The van der Waals surface area contributed by atoms with Crippen molar-refractivity contribution in [2.24, 2.45) is 0 Å². The van der Waals surface area contributed by atoms with Gasteiger partial charge in [-0.2, -0.15) is 0 Å². The molecule has 3 aromatic carbocycles. The molecule has 4 aromatic rings. The Labute approximate surface area is 236 Å². The molecule has 0 aliphatic heterocycles. The molecule has 0 radical (unpaired) electrons. The van der Waals surface area contributed by atoms with E-state index < -0.39 is 12.0 Å². The Morgan fingerprint density at radius 1 is 0.900 bits per heavy atom. The van der Waals surface area contributed by atoms with Gasteiger partial charge in [0.2, 0.25) is 0 Å². The van der Waals surface area contributed by atoms with Crippen LogP contribution in [0.4, 0.5) is 16.2 Å². The summed E-state index contributed by atoms with van der Waals surface area (Å²) < 4.78 is 22.4. The smallest absolute Gasteiger partial charge is 0.357 e. The molecule has 0 bridgehead atoms. The van der Waals surface area contributed by atoms with Gasteiger partial charge in [-0.15, -0.1) is 0 Å². The summed E-state index contributed by atoms with van der Waals surface area (Å²) in [5, 5.41) is 16.1. The van der Waals surface area contributed by atoms with Crippen LogP contribution in [-0.2, 0) is 4.74 Å². The highest BCUT2D eigenvalue weighted by molar-refractivity contribution is 6.31. The number of ether oxygens (including phenoxy) is 4. The molecule has 1 heterocycles. The van der Waals surface area contributed by atoms with E-state index in [4.69, 9.17) is 30.5 Å². The Kier molecular flexibility index (Phi) is 8.70. The van der Waals surface area contributed by atoms with E-state index in [9.17, 15) is 14.7 Å². The number of methoxy groups -OCH3 is 3. The summed E-state index contributed by atoms with van der Waals surface area (Å²) in [6.07, 6.45) is 0. The van der Waals surface area contributed by atoms with E-state index in [1.54, 1.807) is 67.6 Å². The molecule has 0 spiro atoms. The molecule has 11 heteroatoms. The zero-order valence-corrected chi connectivity index (χ0v) is 23.0. The number of benzene rings is 3. The zero-order chi connectivity index (χ0) is 28.8. The number of hydrogen-bond donors (Lipinski definition) is 3. The fourth-order valence-corrected chi connectivity index (χ4v) is 4.39. The minimum Gasteiger partial charge on any atom is -0.504 e. The number of nitrogens with one attached hydrogen (secondary N) is 2. The summed E-state index contributed by atoms with van der Waals surface area (Å²) in [5.41, 5.74) is 2.40. The van der Waals surface area contributed by atoms with Crippen molar-refractivity contribution in [1.82, 2.24) is 4.57 Å². The van der Waals surface area contributed by atoms with Gasteiger partial charge >= 0.3 is 12.0 Å². The molecule has 0 saturated heterocycles. The average molecular weight is 566 g/mol. The number of aromatic nitrogens is 1. The second-order valence-electron chi connectivity index (χ2n) is 8.37. The van der Waals surface area contributed by atoms with Crippen LogP contribution < -0.4 is 24.8 Å². The fraction of sp³-hybridized carbons (Fsp3) is 0.172. The van der Waals surface area contributed by atoms with E-state index in [2.05, 4.69) is 10.6 Å². The third kappa shape index (κ3) is 5.92. The minimum absolute atomic E-state index is 0.00936. The van der Waals surface area contributed by atoms with Crippen molar-refractivity contribution < 1.29 is 33.6 Å². The number of carbonyl (C=O) groups excluding carboxylic acids is 2. The van der Waals surface area contributed by atoms with Gasteiger partial charge < -0.3 is 34.7 Å².